The fourth-order valence-corrected chi connectivity index (χ4v) is 2.95. The van der Waals surface area contributed by atoms with Gasteiger partial charge in [0.15, 0.2) is 0 Å². The lowest BCUT2D eigenvalue weighted by atomic mass is 9.96. The molecule has 1 fully saturated rings. The van der Waals surface area contributed by atoms with Gasteiger partial charge in [-0.05, 0) is 18.6 Å². The topological polar surface area (TPSA) is 55.8 Å². The van der Waals surface area contributed by atoms with Crippen LogP contribution < -0.4 is 4.74 Å². The van der Waals surface area contributed by atoms with Crippen LogP contribution in [0.2, 0.25) is 10.0 Å². The van der Waals surface area contributed by atoms with E-state index in [1.54, 1.807) is 18.2 Å². The van der Waals surface area contributed by atoms with Crippen LogP contribution >= 0.6 is 23.2 Å². The summed E-state index contributed by atoms with van der Waals surface area (Å²) in [6.07, 6.45) is 3.03. The molecule has 0 spiro atoms. The lowest BCUT2D eigenvalue weighted by Gasteiger charge is -2.33. The van der Waals surface area contributed by atoms with Gasteiger partial charge < -0.3 is 9.47 Å². The highest BCUT2D eigenvalue weighted by Crippen LogP contribution is 2.29. The minimum Gasteiger partial charge on any atom is -0.488 e. The van der Waals surface area contributed by atoms with Crippen molar-refractivity contribution >= 4 is 35.0 Å². The Morgan fingerprint density at radius 2 is 1.91 bits per heavy atom. The number of benzene rings is 1. The number of nitrogens with zero attached hydrogens (tertiary/aromatic N) is 1. The summed E-state index contributed by atoms with van der Waals surface area (Å²) in [4.78, 5) is 24.7. The van der Waals surface area contributed by atoms with E-state index in [0.717, 1.165) is 0 Å². The first-order valence-electron chi connectivity index (χ1n) is 7.27. The van der Waals surface area contributed by atoms with E-state index in [2.05, 4.69) is 0 Å². The lowest BCUT2D eigenvalue weighted by Crippen LogP contribution is -2.45. The van der Waals surface area contributed by atoms with Crippen molar-refractivity contribution in [3.63, 3.8) is 0 Å². The van der Waals surface area contributed by atoms with Gasteiger partial charge in [-0.2, -0.15) is 0 Å². The lowest BCUT2D eigenvalue weighted by molar-refractivity contribution is -0.139. The van der Waals surface area contributed by atoms with E-state index in [0.29, 0.717) is 42.0 Å². The number of hydrogen-bond donors (Lipinski definition) is 0. The molecule has 1 saturated heterocycles. The van der Waals surface area contributed by atoms with Gasteiger partial charge in [0.1, 0.15) is 11.9 Å². The second-order valence-corrected chi connectivity index (χ2v) is 6.29. The van der Waals surface area contributed by atoms with Gasteiger partial charge in [0.05, 0.1) is 16.7 Å². The van der Waals surface area contributed by atoms with E-state index in [9.17, 15) is 9.59 Å². The van der Waals surface area contributed by atoms with Crippen molar-refractivity contribution in [3.8, 4) is 5.75 Å². The number of carbonyl (C=O) groups is 2. The Morgan fingerprint density at radius 3 is 2.61 bits per heavy atom. The molecule has 2 atom stereocenters. The number of amides is 2. The minimum absolute atomic E-state index is 0.00556. The molecule has 2 unspecified atom stereocenters. The van der Waals surface area contributed by atoms with Gasteiger partial charge in [-0.25, -0.2) is 0 Å². The molecule has 0 aliphatic carbocycles. The molecule has 2 heterocycles. The summed E-state index contributed by atoms with van der Waals surface area (Å²) >= 11 is 11.9. The third-order valence-electron chi connectivity index (χ3n) is 3.94. The molecule has 2 aliphatic rings. The van der Waals surface area contributed by atoms with Crippen molar-refractivity contribution in [1.29, 1.82) is 0 Å². The van der Waals surface area contributed by atoms with Crippen LogP contribution in [0.25, 0.3) is 0 Å². The van der Waals surface area contributed by atoms with Crippen LogP contribution in [-0.4, -0.2) is 42.6 Å². The van der Waals surface area contributed by atoms with Crippen molar-refractivity contribution in [2.45, 2.75) is 12.5 Å². The number of hydrogen-bond acceptors (Lipinski definition) is 4. The summed E-state index contributed by atoms with van der Waals surface area (Å²) in [5, 5.41) is 0.862. The molecule has 0 aromatic heterocycles. The highest BCUT2D eigenvalue weighted by Gasteiger charge is 2.33. The van der Waals surface area contributed by atoms with Crippen molar-refractivity contribution in [3.05, 3.63) is 40.4 Å². The second-order valence-electron chi connectivity index (χ2n) is 5.48. The first-order chi connectivity index (χ1) is 11.0. The van der Waals surface area contributed by atoms with E-state index in [1.165, 1.54) is 17.1 Å². The maximum absolute atomic E-state index is 11.7. The largest absolute Gasteiger partial charge is 0.488 e. The van der Waals surface area contributed by atoms with E-state index in [-0.39, 0.29) is 23.8 Å². The van der Waals surface area contributed by atoms with Crippen LogP contribution in [0.15, 0.2) is 30.4 Å². The summed E-state index contributed by atoms with van der Waals surface area (Å²) in [6.45, 7) is 1.30. The van der Waals surface area contributed by atoms with Crippen molar-refractivity contribution in [2.75, 3.05) is 19.8 Å². The van der Waals surface area contributed by atoms with Crippen LogP contribution in [0.1, 0.15) is 6.42 Å². The molecule has 2 aliphatic heterocycles. The molecule has 7 heteroatoms. The van der Waals surface area contributed by atoms with E-state index in [4.69, 9.17) is 32.7 Å². The van der Waals surface area contributed by atoms with Gasteiger partial charge in [0.2, 0.25) is 0 Å². The first kappa shape index (κ1) is 16.3. The normalized spacial score (nSPS) is 24.3. The van der Waals surface area contributed by atoms with Gasteiger partial charge in [-0.15, -0.1) is 0 Å². The number of halogens is 2. The zero-order valence-electron chi connectivity index (χ0n) is 12.2. The van der Waals surface area contributed by atoms with E-state index >= 15 is 0 Å². The molecule has 122 valence electrons. The maximum atomic E-state index is 11.7. The fraction of sp³-hybridized carbons (Fsp3) is 0.375. The monoisotopic (exact) mass is 355 g/mol. The van der Waals surface area contributed by atoms with E-state index < -0.39 is 0 Å². The van der Waals surface area contributed by atoms with Crippen LogP contribution in [0.3, 0.4) is 0 Å². The molecular weight excluding hydrogens is 341 g/mol. The summed E-state index contributed by atoms with van der Waals surface area (Å²) in [5.74, 6) is 0.0210. The number of ether oxygens (including phenoxy) is 2. The van der Waals surface area contributed by atoms with Crippen LogP contribution in [0, 0.1) is 5.92 Å². The van der Waals surface area contributed by atoms with Crippen molar-refractivity contribution in [1.82, 2.24) is 4.90 Å². The molecule has 0 N–H and O–H groups in total. The van der Waals surface area contributed by atoms with Gasteiger partial charge in [0.25, 0.3) is 11.8 Å². The van der Waals surface area contributed by atoms with Crippen LogP contribution in [-0.2, 0) is 14.3 Å². The molecule has 0 bridgehead atoms. The fourth-order valence-electron chi connectivity index (χ4n) is 2.67. The van der Waals surface area contributed by atoms with Gasteiger partial charge >= 0.3 is 0 Å². The highest BCUT2D eigenvalue weighted by atomic mass is 35.5. The van der Waals surface area contributed by atoms with Crippen molar-refractivity contribution < 1.29 is 19.1 Å². The summed E-state index contributed by atoms with van der Waals surface area (Å²) < 4.78 is 11.4. The zero-order chi connectivity index (χ0) is 16.4. The minimum atomic E-state index is -0.283. The molecule has 1 aromatic carbocycles. The second kappa shape index (κ2) is 6.91. The Hall–Kier alpha value is -1.56. The van der Waals surface area contributed by atoms with Crippen LogP contribution in [0.5, 0.6) is 5.75 Å². The van der Waals surface area contributed by atoms with Gasteiger partial charge in [-0.1, -0.05) is 23.2 Å². The van der Waals surface area contributed by atoms with Gasteiger partial charge in [0, 0.05) is 37.3 Å². The Labute approximate surface area is 143 Å². The summed E-state index contributed by atoms with van der Waals surface area (Å²) in [5.41, 5.74) is 0. The Bertz CT molecular complexity index is 643. The summed E-state index contributed by atoms with van der Waals surface area (Å²) in [6, 6.07) is 5.03. The number of carbonyl (C=O) groups excluding carboxylic acids is 2. The number of imide groups is 1. The molecule has 23 heavy (non-hydrogen) atoms. The Morgan fingerprint density at radius 1 is 1.17 bits per heavy atom. The maximum Gasteiger partial charge on any atom is 0.253 e. The van der Waals surface area contributed by atoms with Crippen molar-refractivity contribution in [2.24, 2.45) is 5.92 Å². The Kier molecular flexibility index (Phi) is 4.90. The van der Waals surface area contributed by atoms with Crippen LogP contribution in [0.4, 0.5) is 0 Å². The molecule has 0 saturated carbocycles. The summed E-state index contributed by atoms with van der Waals surface area (Å²) in [7, 11) is 0. The highest BCUT2D eigenvalue weighted by molar-refractivity contribution is 6.42. The van der Waals surface area contributed by atoms with E-state index in [1.807, 2.05) is 0 Å². The van der Waals surface area contributed by atoms with Gasteiger partial charge in [-0.3, -0.25) is 14.5 Å². The molecule has 0 radical (unpaired) electrons. The molecule has 1 aromatic rings. The first-order valence-corrected chi connectivity index (χ1v) is 8.03. The third kappa shape index (κ3) is 3.68. The predicted octanol–water partition coefficient (Wildman–Crippen LogP) is 2.70. The Balaban J connectivity index is 1.70. The SMILES string of the molecule is O=C1C=CC(=O)N1CC1CCOCC1Oc1ccc(Cl)c(Cl)c1. The smallest absolute Gasteiger partial charge is 0.253 e. The number of rotatable bonds is 4. The predicted molar refractivity (Wildman–Crippen MR) is 85.7 cm³/mol. The molecular formula is C16H15Cl2NO4. The average Bonchev–Trinajstić information content (AvgIpc) is 2.85. The molecule has 3 rings (SSSR count). The molecule has 2 amide bonds. The molecule has 5 nitrogen and oxygen atoms in total. The standard InChI is InChI=1S/C16H15Cl2NO4/c17-12-2-1-11(7-13(12)18)23-14-9-22-6-5-10(14)8-19-15(20)3-4-16(19)21/h1-4,7,10,14H,5-6,8-9H2. The third-order valence-corrected chi connectivity index (χ3v) is 4.68. The average molecular weight is 356 g/mol. The quantitative estimate of drug-likeness (QED) is 0.779. The zero-order valence-corrected chi connectivity index (χ0v) is 13.7.